The number of aliphatic hydroxyl groups excluding tert-OH is 1. The lowest BCUT2D eigenvalue weighted by atomic mass is 10.0. The summed E-state index contributed by atoms with van der Waals surface area (Å²) in [4.78, 5) is 167. The first-order chi connectivity index (χ1) is 47.0. The number of carboxylic acid groups (broad SMARTS) is 1. The van der Waals surface area contributed by atoms with Crippen LogP contribution in [-0.4, -0.2) is 193 Å². The maximum atomic E-state index is 12.4. The molecule has 2 aromatic carbocycles. The Kier molecular flexibility index (Phi) is 42.6. The second-order valence-electron chi connectivity index (χ2n) is 21.3. The van der Waals surface area contributed by atoms with Gasteiger partial charge in [-0.1, -0.05) is 96.7 Å². The van der Waals surface area contributed by atoms with E-state index in [9.17, 15) is 67.1 Å². The largest absolute Gasteiger partial charge is 0.480 e. The number of halogens is 4. The van der Waals surface area contributed by atoms with Crippen LogP contribution < -0.4 is 9.47 Å². The van der Waals surface area contributed by atoms with Crippen molar-refractivity contribution in [3.63, 3.8) is 0 Å². The van der Waals surface area contributed by atoms with Gasteiger partial charge in [0.25, 0.3) is 0 Å². The molecule has 35 heteroatoms. The van der Waals surface area contributed by atoms with Crippen molar-refractivity contribution >= 4 is 130 Å². The molecule has 0 bridgehead atoms. The molecule has 0 aliphatic heterocycles. The van der Waals surface area contributed by atoms with E-state index in [-0.39, 0.29) is 39.8 Å². The summed E-state index contributed by atoms with van der Waals surface area (Å²) in [5.74, 6) is -14.2. The second kappa shape index (κ2) is 46.6. The molecule has 0 saturated heterocycles. The molecule has 2 rings (SSSR count). The number of ether oxygens (including phenoxy) is 15. The van der Waals surface area contributed by atoms with Crippen LogP contribution in [0.2, 0.25) is 20.1 Å². The summed E-state index contributed by atoms with van der Waals surface area (Å²) >= 11 is 24.7. The number of carboxylic acids is 1. The molecule has 0 spiro atoms. The van der Waals surface area contributed by atoms with Gasteiger partial charge >= 0.3 is 83.6 Å². The van der Waals surface area contributed by atoms with Crippen LogP contribution in [0.1, 0.15) is 135 Å². The highest BCUT2D eigenvalue weighted by molar-refractivity contribution is 6.44. The van der Waals surface area contributed by atoms with E-state index in [1.807, 2.05) is 13.8 Å². The van der Waals surface area contributed by atoms with Gasteiger partial charge in [0, 0.05) is 0 Å². The van der Waals surface area contributed by atoms with Crippen molar-refractivity contribution in [1.82, 2.24) is 0 Å². The zero-order valence-corrected chi connectivity index (χ0v) is 61.6. The molecule has 0 unspecified atom stereocenters. The normalized spacial score (nSPS) is 14.1. The molecule has 101 heavy (non-hydrogen) atoms. The lowest BCUT2D eigenvalue weighted by molar-refractivity contribution is -0.188. The Morgan fingerprint density at radius 2 is 0.574 bits per heavy atom. The number of carbonyl (C=O) groups excluding carboxylic acids is 13. The maximum Gasteiger partial charge on any atom is 0.347 e. The van der Waals surface area contributed by atoms with Crippen LogP contribution in [-0.2, 0) is 142 Å². The molecule has 0 radical (unpaired) electrons. The highest BCUT2D eigenvalue weighted by Crippen LogP contribution is 2.37. The molecule has 2 aromatic rings. The Balaban J connectivity index is 0.00000167. The van der Waals surface area contributed by atoms with E-state index in [1.54, 1.807) is 32.0 Å². The molecule has 31 nitrogen and oxygen atoms in total. The zero-order valence-electron chi connectivity index (χ0n) is 58.6. The van der Waals surface area contributed by atoms with E-state index >= 15 is 0 Å². The average Bonchev–Trinajstić information content (AvgIpc) is 0.839. The third-order valence-corrected chi connectivity index (χ3v) is 14.4. The molecule has 0 amide bonds. The smallest absolute Gasteiger partial charge is 0.347 e. The van der Waals surface area contributed by atoms with Crippen LogP contribution in [0.15, 0.2) is 48.6 Å². The summed E-state index contributed by atoms with van der Waals surface area (Å²) in [6.07, 6.45) is -14.5. The van der Waals surface area contributed by atoms with Crippen LogP contribution in [0.25, 0.3) is 0 Å². The quantitative estimate of drug-likeness (QED) is 0.0373. The first-order valence-electron chi connectivity index (χ1n) is 31.0. The van der Waals surface area contributed by atoms with Crippen molar-refractivity contribution < 1.29 is 148 Å². The molecule has 2 N–H and O–H groups in total. The summed E-state index contributed by atoms with van der Waals surface area (Å²) in [7, 11) is 0. The third kappa shape index (κ3) is 34.4. The van der Waals surface area contributed by atoms with Crippen molar-refractivity contribution in [2.45, 2.75) is 210 Å². The third-order valence-electron chi connectivity index (χ3n) is 12.6. The molecule has 0 aliphatic rings. The van der Waals surface area contributed by atoms with Gasteiger partial charge < -0.3 is 81.3 Å². The molecule has 0 aromatic heterocycles. The van der Waals surface area contributed by atoms with Gasteiger partial charge in [-0.25, -0.2) is 67.1 Å². The molecular weight excluding hydrogens is 1430 g/mol. The monoisotopic (exact) mass is 1510 g/mol. The predicted molar refractivity (Wildman–Crippen MR) is 354 cm³/mol. The van der Waals surface area contributed by atoms with E-state index in [0.29, 0.717) is 17.9 Å². The molecule has 0 fully saturated rings. The van der Waals surface area contributed by atoms with Crippen LogP contribution >= 0.6 is 46.4 Å². The van der Waals surface area contributed by atoms with Gasteiger partial charge in [0.05, 0.1) is 23.3 Å². The number of hydrogen-bond acceptors (Lipinski definition) is 30. The fourth-order valence-electron chi connectivity index (χ4n) is 6.69. The average molecular weight is 1520 g/mol. The standard InChI is InChI=1S/C33H42Cl2O15.C20H30O13.C13H14Cl2O3/c1-10-16(3)14-23-12-13-24(27(35)26(23)34)44-15-25(36)45-18(5)29(38)47-20(7)31(40)49-22(9)33(42)50-21(8)32(41)48-19(6)30(39)46-17(4)28(37)43-11-2;1-8-28-16(23)10(3)30-18(25)12(5)32-20(27)14(7)33-19(26)13(6)31-17(24)11(4)29-15(22)9(2)21;1-3-8(2)6-9-4-5-10(13(15)12(9)14)18-7-11(16)17/h12-13,17-22H,3,10-11,14-15H2,1-2,4-9H3;9-14,21H,8H2,1-7H3;4-5H,2-3,6-7H2,1H3,(H,16,17)/t17-,18-,19-,20-,21-,22-;9-,10-,11-,12-,13-,14-;/m00./s1. The minimum absolute atomic E-state index is 0.0694. The Morgan fingerprint density at radius 1 is 0.347 bits per heavy atom. The number of allylic oxidation sites excluding steroid dienone is 2. The van der Waals surface area contributed by atoms with E-state index in [2.05, 4.69) is 22.6 Å². The molecule has 564 valence electrons. The van der Waals surface area contributed by atoms with Gasteiger partial charge in [-0.2, -0.15) is 0 Å². The molecule has 0 saturated carbocycles. The highest BCUT2D eigenvalue weighted by atomic mass is 35.5. The lowest BCUT2D eigenvalue weighted by Gasteiger charge is -2.20. The Morgan fingerprint density at radius 3 is 0.802 bits per heavy atom. The number of esters is 13. The predicted octanol–water partition coefficient (Wildman–Crippen LogP) is 7.59. The van der Waals surface area contributed by atoms with Crippen molar-refractivity contribution in [3.05, 3.63) is 79.8 Å². The number of hydrogen-bond donors (Lipinski definition) is 2. The van der Waals surface area contributed by atoms with Crippen molar-refractivity contribution in [2.24, 2.45) is 0 Å². The first-order valence-corrected chi connectivity index (χ1v) is 32.5. The molecule has 12 atom stereocenters. The van der Waals surface area contributed by atoms with Crippen molar-refractivity contribution in [1.29, 1.82) is 0 Å². The second-order valence-corrected chi connectivity index (χ2v) is 22.8. The van der Waals surface area contributed by atoms with Crippen molar-refractivity contribution in [3.8, 4) is 11.5 Å². The van der Waals surface area contributed by atoms with Gasteiger partial charge in [-0.15, -0.1) is 0 Å². The Labute approximate surface area is 603 Å². The van der Waals surface area contributed by atoms with Gasteiger partial charge in [-0.3, -0.25) is 0 Å². The highest BCUT2D eigenvalue weighted by Gasteiger charge is 2.35. The number of rotatable bonds is 37. The summed E-state index contributed by atoms with van der Waals surface area (Å²) in [6, 6.07) is 6.61. The van der Waals surface area contributed by atoms with E-state index in [0.717, 1.165) is 76.7 Å². The fraction of sp³-hybridized carbons (Fsp3) is 0.545. The van der Waals surface area contributed by atoms with Crippen molar-refractivity contribution in [2.75, 3.05) is 26.4 Å². The number of carbonyl (C=O) groups is 14. The number of benzene rings is 2. The van der Waals surface area contributed by atoms with E-state index in [4.69, 9.17) is 118 Å². The fourth-order valence-corrected chi connectivity index (χ4v) is 7.61. The van der Waals surface area contributed by atoms with Gasteiger partial charge in [0.2, 0.25) is 0 Å². The van der Waals surface area contributed by atoms with Crippen LogP contribution in [0.5, 0.6) is 11.5 Å². The van der Waals surface area contributed by atoms with Gasteiger partial charge in [0.1, 0.15) is 27.6 Å². The van der Waals surface area contributed by atoms with Crippen LogP contribution in [0, 0.1) is 0 Å². The Bertz CT molecular complexity index is 3260. The molecule has 0 aliphatic carbocycles. The van der Waals surface area contributed by atoms with E-state index < -0.39 is 170 Å². The van der Waals surface area contributed by atoms with Gasteiger partial charge in [0.15, 0.2) is 80.4 Å². The summed E-state index contributed by atoms with van der Waals surface area (Å²) < 4.78 is 73.4. The van der Waals surface area contributed by atoms with Gasteiger partial charge in [-0.05, 0) is 146 Å². The number of aliphatic carboxylic acids is 1. The molecule has 0 heterocycles. The minimum atomic E-state index is -1.57. The zero-order chi connectivity index (χ0) is 77.9. The van der Waals surface area contributed by atoms with E-state index in [1.165, 1.54) is 47.6 Å². The summed E-state index contributed by atoms with van der Waals surface area (Å²) in [6.45, 7) is 28.2. The first kappa shape index (κ1) is 92.2. The summed E-state index contributed by atoms with van der Waals surface area (Å²) in [5.41, 5.74) is 3.59. The molecular formula is C66H86Cl4O31. The van der Waals surface area contributed by atoms with Crippen LogP contribution in [0.3, 0.4) is 0 Å². The SMILES string of the molecule is C=C(CC)Cc1ccc(OCC(=O)O)c(Cl)c1Cl.C=C(CC)Cc1ccc(OCC(=O)O[C@@H](C)C(=O)O[C@@H](C)C(=O)O[C@@H](C)C(=O)O[C@@H](C)C(=O)O[C@@H](C)C(=O)O[C@@H](C)C(=O)OCC)c(Cl)c1Cl.CCOC(=O)[C@H](C)OC(=O)[C@H](C)OC(=O)[C@H](C)OC(=O)[C@H](C)OC(=O)[C@H](C)OC(=O)[C@H](C)O. The Hall–Kier alpha value is -8.78. The number of aliphatic hydroxyl groups is 1. The van der Waals surface area contributed by atoms with Crippen LogP contribution in [0.4, 0.5) is 0 Å². The maximum absolute atomic E-state index is 12.4. The minimum Gasteiger partial charge on any atom is -0.480 e. The lowest BCUT2D eigenvalue weighted by Crippen LogP contribution is -2.39. The topological polar surface area (TPSA) is 418 Å². The summed E-state index contributed by atoms with van der Waals surface area (Å²) in [5, 5.41) is 18.5.